The third kappa shape index (κ3) is 4.70. The Kier molecular flexibility index (Phi) is 5.78. The fourth-order valence-electron chi connectivity index (χ4n) is 2.54. The predicted octanol–water partition coefficient (Wildman–Crippen LogP) is 3.51. The minimum absolute atomic E-state index is 0.349. The average molecular weight is 341 g/mol. The van der Waals surface area contributed by atoms with Crippen LogP contribution in [0.25, 0.3) is 0 Å². The van der Waals surface area contributed by atoms with Crippen LogP contribution in [-0.4, -0.2) is 41.5 Å². The zero-order valence-corrected chi connectivity index (χ0v) is 14.3. The van der Waals surface area contributed by atoms with Gasteiger partial charge >= 0.3 is 0 Å². The van der Waals surface area contributed by atoms with Crippen molar-refractivity contribution < 1.29 is 0 Å². The minimum Gasteiger partial charge on any atom is -0.370 e. The molecule has 1 aliphatic rings. The lowest BCUT2D eigenvalue weighted by molar-refractivity contribution is 0.215. The van der Waals surface area contributed by atoms with E-state index in [1.165, 1.54) is 32.4 Å². The lowest BCUT2D eigenvalue weighted by Gasteiger charge is -2.28. The molecular formula is C15H25BrN4. The van der Waals surface area contributed by atoms with Crippen molar-refractivity contribution in [3.8, 4) is 0 Å². The Morgan fingerprint density at radius 3 is 2.70 bits per heavy atom. The van der Waals surface area contributed by atoms with E-state index in [1.54, 1.807) is 0 Å². The van der Waals surface area contributed by atoms with E-state index in [9.17, 15) is 0 Å². The van der Waals surface area contributed by atoms with E-state index in [1.807, 2.05) is 6.07 Å². The van der Waals surface area contributed by atoms with Crippen molar-refractivity contribution in [2.24, 2.45) is 5.92 Å². The number of nitrogens with zero attached hydrogens (tertiary/aromatic N) is 3. The lowest BCUT2D eigenvalue weighted by atomic mass is 9.94. The first-order valence-electron chi connectivity index (χ1n) is 7.51. The number of piperidine rings is 1. The van der Waals surface area contributed by atoms with Gasteiger partial charge in [-0.25, -0.2) is 9.97 Å². The first kappa shape index (κ1) is 15.7. The monoisotopic (exact) mass is 340 g/mol. The fourth-order valence-corrected chi connectivity index (χ4v) is 2.94. The minimum atomic E-state index is 0.349. The molecule has 0 bridgehead atoms. The van der Waals surface area contributed by atoms with Crippen LogP contribution in [0, 0.1) is 5.92 Å². The van der Waals surface area contributed by atoms with Crippen LogP contribution < -0.4 is 5.32 Å². The van der Waals surface area contributed by atoms with E-state index in [-0.39, 0.29) is 0 Å². The van der Waals surface area contributed by atoms with Crippen molar-refractivity contribution in [3.63, 3.8) is 0 Å². The summed E-state index contributed by atoms with van der Waals surface area (Å²) in [5, 5.41) is 3.44. The second-order valence-corrected chi connectivity index (χ2v) is 6.86. The molecule has 1 aromatic rings. The Balaban J connectivity index is 1.82. The molecule has 0 atom stereocenters. The summed E-state index contributed by atoms with van der Waals surface area (Å²) in [6, 6.07) is 1.96. The number of hydrogen-bond donors (Lipinski definition) is 1. The third-order valence-electron chi connectivity index (χ3n) is 3.93. The Labute approximate surface area is 130 Å². The predicted molar refractivity (Wildman–Crippen MR) is 87.1 cm³/mol. The maximum atomic E-state index is 4.57. The van der Waals surface area contributed by atoms with Crippen LogP contribution in [0.5, 0.6) is 0 Å². The number of likely N-dealkylation sites (tertiary alicyclic amines) is 1. The van der Waals surface area contributed by atoms with Crippen LogP contribution in [0.15, 0.2) is 10.7 Å². The summed E-state index contributed by atoms with van der Waals surface area (Å²) in [4.78, 5) is 11.4. The van der Waals surface area contributed by atoms with Gasteiger partial charge in [-0.15, -0.1) is 0 Å². The standard InChI is InChI=1S/C15H25BrN4/c1-11(2)15-18-13(16)10-14(19-15)17-7-4-12-5-8-20(3)9-6-12/h10-12H,4-9H2,1-3H3,(H,17,18,19). The van der Waals surface area contributed by atoms with Gasteiger partial charge in [-0.3, -0.25) is 0 Å². The number of hydrogen-bond acceptors (Lipinski definition) is 4. The molecule has 112 valence electrons. The average Bonchev–Trinajstić information content (AvgIpc) is 2.40. The van der Waals surface area contributed by atoms with E-state index in [2.05, 4.69) is 57.0 Å². The summed E-state index contributed by atoms with van der Waals surface area (Å²) in [7, 11) is 2.21. The van der Waals surface area contributed by atoms with E-state index in [4.69, 9.17) is 0 Å². The van der Waals surface area contributed by atoms with E-state index in [0.717, 1.165) is 28.7 Å². The van der Waals surface area contributed by atoms with Crippen LogP contribution in [-0.2, 0) is 0 Å². The van der Waals surface area contributed by atoms with Crippen LogP contribution in [0.1, 0.15) is 44.9 Å². The van der Waals surface area contributed by atoms with Gasteiger partial charge in [0.05, 0.1) is 0 Å². The second kappa shape index (κ2) is 7.36. The van der Waals surface area contributed by atoms with Gasteiger partial charge in [0.15, 0.2) is 0 Å². The van der Waals surface area contributed by atoms with Crippen molar-refractivity contribution in [3.05, 3.63) is 16.5 Å². The molecule has 0 aromatic carbocycles. The molecule has 0 amide bonds. The van der Waals surface area contributed by atoms with Crippen LogP contribution >= 0.6 is 15.9 Å². The molecule has 0 saturated carbocycles. The Morgan fingerprint density at radius 1 is 1.35 bits per heavy atom. The van der Waals surface area contributed by atoms with E-state index >= 15 is 0 Å². The smallest absolute Gasteiger partial charge is 0.134 e. The van der Waals surface area contributed by atoms with Gasteiger partial charge in [-0.2, -0.15) is 0 Å². The molecule has 0 unspecified atom stereocenters. The van der Waals surface area contributed by atoms with Gasteiger partial charge in [0.25, 0.3) is 0 Å². The molecule has 0 aliphatic carbocycles. The number of aromatic nitrogens is 2. The molecule has 1 saturated heterocycles. The summed E-state index contributed by atoms with van der Waals surface area (Å²) in [6.45, 7) is 7.70. The largest absolute Gasteiger partial charge is 0.370 e. The number of nitrogens with one attached hydrogen (secondary N) is 1. The lowest BCUT2D eigenvalue weighted by Crippen LogP contribution is -2.30. The fraction of sp³-hybridized carbons (Fsp3) is 0.733. The molecule has 1 aliphatic heterocycles. The maximum absolute atomic E-state index is 4.57. The molecule has 2 heterocycles. The second-order valence-electron chi connectivity index (χ2n) is 6.05. The summed E-state index contributed by atoms with van der Waals surface area (Å²) in [5.41, 5.74) is 0. The molecular weight excluding hydrogens is 316 g/mol. The highest BCUT2D eigenvalue weighted by atomic mass is 79.9. The highest BCUT2D eigenvalue weighted by Gasteiger charge is 2.16. The van der Waals surface area contributed by atoms with E-state index in [0.29, 0.717) is 5.92 Å². The Hall–Kier alpha value is -0.680. The normalized spacial score (nSPS) is 17.6. The van der Waals surface area contributed by atoms with Crippen LogP contribution in [0.4, 0.5) is 5.82 Å². The van der Waals surface area contributed by atoms with Gasteiger partial charge < -0.3 is 10.2 Å². The molecule has 2 rings (SSSR count). The molecule has 4 nitrogen and oxygen atoms in total. The first-order valence-corrected chi connectivity index (χ1v) is 8.31. The van der Waals surface area contributed by atoms with E-state index < -0.39 is 0 Å². The van der Waals surface area contributed by atoms with Crippen molar-refractivity contribution in [2.45, 2.75) is 39.0 Å². The maximum Gasteiger partial charge on any atom is 0.134 e. The number of anilines is 1. The van der Waals surface area contributed by atoms with Crippen LogP contribution in [0.2, 0.25) is 0 Å². The highest BCUT2D eigenvalue weighted by Crippen LogP contribution is 2.21. The summed E-state index contributed by atoms with van der Waals surface area (Å²) in [5.74, 6) is 3.03. The third-order valence-corrected chi connectivity index (χ3v) is 4.33. The SMILES string of the molecule is CC(C)c1nc(Br)cc(NCCC2CCN(C)CC2)n1. The van der Waals surface area contributed by atoms with Gasteiger partial charge in [0.2, 0.25) is 0 Å². The van der Waals surface area contributed by atoms with Crippen LogP contribution in [0.3, 0.4) is 0 Å². The van der Waals surface area contributed by atoms with Crippen molar-refractivity contribution >= 4 is 21.7 Å². The number of halogens is 1. The zero-order chi connectivity index (χ0) is 14.5. The molecule has 1 fully saturated rings. The van der Waals surface area contributed by atoms with Crippen molar-refractivity contribution in [2.75, 3.05) is 32.0 Å². The van der Waals surface area contributed by atoms with Gasteiger partial charge in [-0.1, -0.05) is 13.8 Å². The molecule has 5 heteroatoms. The van der Waals surface area contributed by atoms with Crippen molar-refractivity contribution in [1.82, 2.24) is 14.9 Å². The topological polar surface area (TPSA) is 41.1 Å². The molecule has 0 spiro atoms. The van der Waals surface area contributed by atoms with Gasteiger partial charge in [0, 0.05) is 18.5 Å². The molecule has 20 heavy (non-hydrogen) atoms. The highest BCUT2D eigenvalue weighted by molar-refractivity contribution is 9.10. The number of rotatable bonds is 5. The molecule has 1 aromatic heterocycles. The summed E-state index contributed by atoms with van der Waals surface area (Å²) in [6.07, 6.45) is 3.87. The van der Waals surface area contributed by atoms with Crippen molar-refractivity contribution in [1.29, 1.82) is 0 Å². The summed E-state index contributed by atoms with van der Waals surface area (Å²) >= 11 is 3.46. The van der Waals surface area contributed by atoms with Gasteiger partial charge in [0.1, 0.15) is 16.2 Å². The quantitative estimate of drug-likeness (QED) is 0.832. The van der Waals surface area contributed by atoms with Gasteiger partial charge in [-0.05, 0) is 61.2 Å². The first-order chi connectivity index (χ1) is 9.54. The molecule has 1 N–H and O–H groups in total. The summed E-state index contributed by atoms with van der Waals surface area (Å²) < 4.78 is 0.859. The Morgan fingerprint density at radius 2 is 2.05 bits per heavy atom. The zero-order valence-electron chi connectivity index (χ0n) is 12.7. The molecule has 0 radical (unpaired) electrons. The Bertz CT molecular complexity index is 428.